The van der Waals surface area contributed by atoms with E-state index in [0.29, 0.717) is 41.0 Å². The maximum absolute atomic E-state index is 15.1. The van der Waals surface area contributed by atoms with Crippen molar-refractivity contribution in [2.45, 2.75) is 33.6 Å². The molecule has 0 aliphatic carbocycles. The number of benzene rings is 3. The third-order valence-electron chi connectivity index (χ3n) is 6.69. The lowest BCUT2D eigenvalue weighted by Crippen LogP contribution is -2.12. The lowest BCUT2D eigenvalue weighted by molar-refractivity contribution is -0.140. The molecule has 270 valence electrons. The zero-order valence-electron chi connectivity index (χ0n) is 28.9. The van der Waals surface area contributed by atoms with Crippen LogP contribution < -0.4 is 18.9 Å². The number of hydrogen-bond donors (Lipinski definition) is 0. The van der Waals surface area contributed by atoms with Crippen LogP contribution in [0, 0.1) is 5.82 Å². The minimum absolute atomic E-state index is 0.0647. The van der Waals surface area contributed by atoms with Crippen LogP contribution in [0.1, 0.15) is 44.0 Å². The summed E-state index contributed by atoms with van der Waals surface area (Å²) in [5.74, 6) is -2.35. The van der Waals surface area contributed by atoms with E-state index in [4.69, 9.17) is 33.2 Å². The van der Waals surface area contributed by atoms with Crippen LogP contribution in [0.15, 0.2) is 97.1 Å². The van der Waals surface area contributed by atoms with Crippen molar-refractivity contribution < 1.29 is 56.7 Å². The van der Waals surface area contributed by atoms with Gasteiger partial charge in [-0.3, -0.25) is 0 Å². The molecule has 0 aliphatic heterocycles. The second kappa shape index (κ2) is 19.9. The molecule has 3 aromatic carbocycles. The van der Waals surface area contributed by atoms with Gasteiger partial charge in [0.25, 0.3) is 0 Å². The molecule has 3 rings (SSSR count). The summed E-state index contributed by atoms with van der Waals surface area (Å²) in [6.07, 6.45) is 0.714. The SMILES string of the molecule is C=C(C)C(=O)OCCCOc1ccc(C(=O)Oc2ccc(-c3ccc(OCCOC(=O)C(=C)C)cc3)cc2F)cc1OCCCOC(=O)C(=C)C. The van der Waals surface area contributed by atoms with E-state index in [0.717, 1.165) is 0 Å². The number of ether oxygens (including phenoxy) is 7. The smallest absolute Gasteiger partial charge is 0.343 e. The van der Waals surface area contributed by atoms with Crippen LogP contribution in [0.5, 0.6) is 23.0 Å². The number of esters is 4. The van der Waals surface area contributed by atoms with Gasteiger partial charge in [0.15, 0.2) is 23.1 Å². The Morgan fingerprint density at radius 3 is 1.61 bits per heavy atom. The molecule has 0 spiro atoms. The summed E-state index contributed by atoms with van der Waals surface area (Å²) in [4.78, 5) is 47.8. The number of carbonyl (C=O) groups is 4. The van der Waals surface area contributed by atoms with Gasteiger partial charge in [-0.15, -0.1) is 0 Å². The normalized spacial score (nSPS) is 10.4. The average molecular weight is 705 g/mol. The molecule has 0 fully saturated rings. The Bertz CT molecular complexity index is 1740. The van der Waals surface area contributed by atoms with Crippen molar-refractivity contribution in [1.29, 1.82) is 0 Å². The molecule has 0 unspecified atom stereocenters. The first-order chi connectivity index (χ1) is 24.3. The predicted molar refractivity (Wildman–Crippen MR) is 186 cm³/mol. The summed E-state index contributed by atoms with van der Waals surface area (Å²) in [7, 11) is 0. The van der Waals surface area contributed by atoms with E-state index < -0.39 is 29.7 Å². The molecule has 12 heteroatoms. The molecule has 0 N–H and O–H groups in total. The van der Waals surface area contributed by atoms with Crippen LogP contribution in [0.2, 0.25) is 0 Å². The van der Waals surface area contributed by atoms with Crippen molar-refractivity contribution in [2.24, 2.45) is 0 Å². The summed E-state index contributed by atoms with van der Waals surface area (Å²) in [6, 6.07) is 15.4. The molecule has 3 aromatic rings. The van der Waals surface area contributed by atoms with Gasteiger partial charge >= 0.3 is 23.9 Å². The van der Waals surface area contributed by atoms with Gasteiger partial charge in [0.2, 0.25) is 0 Å². The summed E-state index contributed by atoms with van der Waals surface area (Å²) in [6.45, 7) is 15.9. The number of rotatable bonds is 20. The van der Waals surface area contributed by atoms with E-state index in [1.807, 2.05) is 0 Å². The van der Waals surface area contributed by atoms with Gasteiger partial charge in [-0.25, -0.2) is 23.6 Å². The van der Waals surface area contributed by atoms with E-state index in [1.165, 1.54) is 30.3 Å². The number of halogens is 1. The van der Waals surface area contributed by atoms with Crippen LogP contribution in [0.25, 0.3) is 11.1 Å². The number of hydrogen-bond acceptors (Lipinski definition) is 11. The van der Waals surface area contributed by atoms with Gasteiger partial charge in [-0.1, -0.05) is 37.9 Å². The molecule has 0 atom stereocenters. The minimum Gasteiger partial charge on any atom is -0.490 e. The molecular formula is C39H41FO11. The van der Waals surface area contributed by atoms with E-state index >= 15 is 4.39 Å². The first-order valence-corrected chi connectivity index (χ1v) is 16.0. The zero-order chi connectivity index (χ0) is 37.3. The van der Waals surface area contributed by atoms with Gasteiger partial charge in [0, 0.05) is 29.6 Å². The number of carbonyl (C=O) groups excluding carboxylic acids is 4. The molecule has 0 heterocycles. The van der Waals surface area contributed by atoms with Crippen molar-refractivity contribution in [3.05, 3.63) is 109 Å². The Morgan fingerprint density at radius 1 is 0.549 bits per heavy atom. The molecule has 0 saturated carbocycles. The summed E-state index contributed by atoms with van der Waals surface area (Å²) >= 11 is 0. The Hall–Kier alpha value is -5.91. The largest absolute Gasteiger partial charge is 0.490 e. The maximum Gasteiger partial charge on any atom is 0.343 e. The van der Waals surface area contributed by atoms with Crippen LogP contribution in [0.3, 0.4) is 0 Å². The molecule has 0 amide bonds. The maximum atomic E-state index is 15.1. The molecule has 11 nitrogen and oxygen atoms in total. The van der Waals surface area contributed by atoms with E-state index in [2.05, 4.69) is 19.7 Å². The quantitative estimate of drug-likeness (QED) is 0.0396. The Labute approximate surface area is 296 Å². The van der Waals surface area contributed by atoms with Crippen molar-refractivity contribution in [2.75, 3.05) is 39.6 Å². The third kappa shape index (κ3) is 13.1. The van der Waals surface area contributed by atoms with E-state index in [1.54, 1.807) is 51.1 Å². The van der Waals surface area contributed by atoms with E-state index in [9.17, 15) is 19.2 Å². The highest BCUT2D eigenvalue weighted by Crippen LogP contribution is 2.31. The topological polar surface area (TPSA) is 133 Å². The second-order valence-corrected chi connectivity index (χ2v) is 11.2. The van der Waals surface area contributed by atoms with Crippen LogP contribution in [-0.2, 0) is 28.6 Å². The summed E-state index contributed by atoms with van der Waals surface area (Å²) in [5, 5.41) is 0. The Morgan fingerprint density at radius 2 is 1.06 bits per heavy atom. The molecule has 0 bridgehead atoms. The fourth-order valence-corrected chi connectivity index (χ4v) is 4.01. The Balaban J connectivity index is 1.63. The van der Waals surface area contributed by atoms with Crippen molar-refractivity contribution >= 4 is 23.9 Å². The Kier molecular flexibility index (Phi) is 15.4. The van der Waals surface area contributed by atoms with Crippen molar-refractivity contribution in [3.8, 4) is 34.1 Å². The zero-order valence-corrected chi connectivity index (χ0v) is 28.9. The fourth-order valence-electron chi connectivity index (χ4n) is 4.01. The monoisotopic (exact) mass is 704 g/mol. The first-order valence-electron chi connectivity index (χ1n) is 16.0. The second-order valence-electron chi connectivity index (χ2n) is 11.2. The van der Waals surface area contributed by atoms with Gasteiger partial charge in [0.05, 0.1) is 32.0 Å². The lowest BCUT2D eigenvalue weighted by atomic mass is 10.1. The molecule has 0 aromatic heterocycles. The van der Waals surface area contributed by atoms with Gasteiger partial charge < -0.3 is 33.2 Å². The van der Waals surface area contributed by atoms with Crippen LogP contribution >= 0.6 is 0 Å². The summed E-state index contributed by atoms with van der Waals surface area (Å²) in [5.41, 5.74) is 2.15. The molecule has 51 heavy (non-hydrogen) atoms. The highest BCUT2D eigenvalue weighted by atomic mass is 19.1. The minimum atomic E-state index is -0.837. The standard InChI is InChI=1S/C39H41FO11/c1-25(2)36(41)48-19-7-17-46-34-16-12-30(24-35(34)47-18-8-20-49-37(42)26(3)4)39(44)51-33-15-11-29(23-32(33)40)28-9-13-31(14-10-28)45-21-22-50-38(43)27(5)6/h9-16,23-24H,1,3,5,7-8,17-22H2,2,4,6H3. The molecule has 0 saturated heterocycles. The summed E-state index contributed by atoms with van der Waals surface area (Å²) < 4.78 is 52.9. The highest BCUT2D eigenvalue weighted by Gasteiger charge is 2.17. The predicted octanol–water partition coefficient (Wildman–Crippen LogP) is 6.99. The molecule has 0 radical (unpaired) electrons. The van der Waals surface area contributed by atoms with Crippen LogP contribution in [-0.4, -0.2) is 63.5 Å². The van der Waals surface area contributed by atoms with Crippen molar-refractivity contribution in [1.82, 2.24) is 0 Å². The van der Waals surface area contributed by atoms with E-state index in [-0.39, 0.29) is 67.8 Å². The van der Waals surface area contributed by atoms with Crippen molar-refractivity contribution in [3.63, 3.8) is 0 Å². The average Bonchev–Trinajstić information content (AvgIpc) is 3.10. The van der Waals surface area contributed by atoms with Crippen LogP contribution in [0.4, 0.5) is 4.39 Å². The fraction of sp³-hybridized carbons (Fsp3) is 0.282. The molecular weight excluding hydrogens is 663 g/mol. The van der Waals surface area contributed by atoms with Gasteiger partial charge in [-0.05, 0) is 74.4 Å². The molecule has 0 aliphatic rings. The van der Waals surface area contributed by atoms with Gasteiger partial charge in [0.1, 0.15) is 19.0 Å². The third-order valence-corrected chi connectivity index (χ3v) is 6.69. The highest BCUT2D eigenvalue weighted by molar-refractivity contribution is 5.92. The first kappa shape index (κ1) is 39.5. The lowest BCUT2D eigenvalue weighted by Gasteiger charge is -2.15. The van der Waals surface area contributed by atoms with Gasteiger partial charge in [-0.2, -0.15) is 0 Å².